The first-order valence-electron chi connectivity index (χ1n) is 10.5. The summed E-state index contributed by atoms with van der Waals surface area (Å²) in [7, 11) is 0. The van der Waals surface area contributed by atoms with E-state index in [1.54, 1.807) is 34.9 Å². The standard InChI is InChI=1S/C22H24F3N5O4/c1-14(16-4-3-5-18(12-16)27-15(2)31)26-21(32)29-10-8-28(9-11-29)19-7-6-17(22(23,24)25)13-20(19)30(33)34/h3-7,12-14H,8-11H2,1-2H3,(H,26,32)(H,27,31)/t14-/m1/s1. The van der Waals surface area contributed by atoms with Crippen LogP contribution in [0.5, 0.6) is 0 Å². The van der Waals surface area contributed by atoms with Gasteiger partial charge in [-0.1, -0.05) is 12.1 Å². The first-order valence-corrected chi connectivity index (χ1v) is 10.5. The van der Waals surface area contributed by atoms with Crippen molar-refractivity contribution >= 4 is 29.0 Å². The third kappa shape index (κ3) is 5.94. The second kappa shape index (κ2) is 9.98. The van der Waals surface area contributed by atoms with Gasteiger partial charge in [0.1, 0.15) is 5.69 Å². The van der Waals surface area contributed by atoms with Gasteiger partial charge >= 0.3 is 12.2 Å². The molecule has 2 aromatic carbocycles. The number of urea groups is 1. The predicted octanol–water partition coefficient (Wildman–Crippen LogP) is 4.16. The summed E-state index contributed by atoms with van der Waals surface area (Å²) in [6, 6.07) is 8.84. The first kappa shape index (κ1) is 24.8. The quantitative estimate of drug-likeness (QED) is 0.495. The van der Waals surface area contributed by atoms with E-state index in [0.717, 1.165) is 17.7 Å². The Bertz CT molecular complexity index is 1080. The van der Waals surface area contributed by atoms with Crippen LogP contribution in [0.2, 0.25) is 0 Å². The maximum Gasteiger partial charge on any atom is 0.416 e. The summed E-state index contributed by atoms with van der Waals surface area (Å²) >= 11 is 0. The van der Waals surface area contributed by atoms with Crippen molar-refractivity contribution in [1.29, 1.82) is 0 Å². The van der Waals surface area contributed by atoms with Gasteiger partial charge in [-0.25, -0.2) is 4.79 Å². The molecule has 34 heavy (non-hydrogen) atoms. The van der Waals surface area contributed by atoms with E-state index in [-0.39, 0.29) is 49.8 Å². The van der Waals surface area contributed by atoms with Crippen LogP contribution in [-0.2, 0) is 11.0 Å². The van der Waals surface area contributed by atoms with Crippen LogP contribution in [0.3, 0.4) is 0 Å². The van der Waals surface area contributed by atoms with Crippen LogP contribution in [0.1, 0.15) is 31.0 Å². The lowest BCUT2D eigenvalue weighted by molar-refractivity contribution is -0.384. The highest BCUT2D eigenvalue weighted by molar-refractivity contribution is 5.88. The lowest BCUT2D eigenvalue weighted by Crippen LogP contribution is -2.52. The van der Waals surface area contributed by atoms with E-state index < -0.39 is 22.4 Å². The summed E-state index contributed by atoms with van der Waals surface area (Å²) in [5.41, 5.74) is -0.226. The molecule has 0 aromatic heterocycles. The number of alkyl halides is 3. The van der Waals surface area contributed by atoms with Crippen LogP contribution >= 0.6 is 0 Å². The summed E-state index contributed by atoms with van der Waals surface area (Å²) in [4.78, 5) is 37.6. The van der Waals surface area contributed by atoms with Crippen molar-refractivity contribution in [3.8, 4) is 0 Å². The van der Waals surface area contributed by atoms with E-state index in [1.165, 1.54) is 6.92 Å². The summed E-state index contributed by atoms with van der Waals surface area (Å²) in [5, 5.41) is 16.9. The maximum atomic E-state index is 12.9. The number of amides is 3. The zero-order valence-corrected chi connectivity index (χ0v) is 18.6. The Labute approximate surface area is 193 Å². The summed E-state index contributed by atoms with van der Waals surface area (Å²) in [6.45, 7) is 4.13. The molecule has 1 saturated heterocycles. The summed E-state index contributed by atoms with van der Waals surface area (Å²) in [5.74, 6) is -0.208. The molecule has 1 fully saturated rings. The number of piperazine rings is 1. The molecule has 1 aliphatic heterocycles. The van der Waals surface area contributed by atoms with E-state index >= 15 is 0 Å². The SMILES string of the molecule is CC(=O)Nc1cccc([C@@H](C)NC(=O)N2CCN(c3ccc(C(F)(F)F)cc3[N+](=O)[O-])CC2)c1. The minimum Gasteiger partial charge on any atom is -0.362 e. The Kier molecular flexibility index (Phi) is 7.28. The number of carbonyl (C=O) groups excluding carboxylic acids is 2. The molecule has 0 aliphatic carbocycles. The Balaban J connectivity index is 1.63. The number of nitro groups is 1. The number of hydrogen-bond donors (Lipinski definition) is 2. The second-order valence-electron chi connectivity index (χ2n) is 7.91. The van der Waals surface area contributed by atoms with Crippen LogP contribution in [0.25, 0.3) is 0 Å². The molecule has 1 heterocycles. The Morgan fingerprint density at radius 2 is 1.76 bits per heavy atom. The van der Waals surface area contributed by atoms with Gasteiger partial charge in [0.2, 0.25) is 5.91 Å². The molecule has 2 aromatic rings. The average molecular weight is 479 g/mol. The number of nitro benzene ring substituents is 1. The fourth-order valence-electron chi connectivity index (χ4n) is 3.71. The zero-order chi connectivity index (χ0) is 25.0. The van der Waals surface area contributed by atoms with Gasteiger partial charge in [0.05, 0.1) is 16.5 Å². The minimum absolute atomic E-state index is 0.0845. The largest absolute Gasteiger partial charge is 0.416 e. The van der Waals surface area contributed by atoms with Crippen LogP contribution in [-0.4, -0.2) is 47.9 Å². The van der Waals surface area contributed by atoms with Crippen molar-refractivity contribution in [2.75, 3.05) is 36.4 Å². The monoisotopic (exact) mass is 479 g/mol. The Morgan fingerprint density at radius 1 is 1.09 bits per heavy atom. The van der Waals surface area contributed by atoms with Crippen LogP contribution in [0.4, 0.5) is 35.0 Å². The number of halogens is 3. The molecule has 0 unspecified atom stereocenters. The van der Waals surface area contributed by atoms with Crippen molar-refractivity contribution in [2.24, 2.45) is 0 Å². The van der Waals surface area contributed by atoms with E-state index in [4.69, 9.17) is 0 Å². The zero-order valence-electron chi connectivity index (χ0n) is 18.6. The topological polar surface area (TPSA) is 108 Å². The molecule has 3 rings (SSSR count). The maximum absolute atomic E-state index is 12.9. The average Bonchev–Trinajstić information content (AvgIpc) is 2.77. The van der Waals surface area contributed by atoms with Gasteiger partial charge in [-0.05, 0) is 36.8 Å². The lowest BCUT2D eigenvalue weighted by Gasteiger charge is -2.36. The van der Waals surface area contributed by atoms with Gasteiger partial charge < -0.3 is 20.4 Å². The fraction of sp³-hybridized carbons (Fsp3) is 0.364. The number of benzene rings is 2. The van der Waals surface area contributed by atoms with Crippen molar-refractivity contribution in [3.05, 3.63) is 63.7 Å². The van der Waals surface area contributed by atoms with Gasteiger partial charge in [0.25, 0.3) is 5.69 Å². The molecule has 0 radical (unpaired) electrons. The van der Waals surface area contributed by atoms with Gasteiger partial charge in [0.15, 0.2) is 0 Å². The molecule has 0 bridgehead atoms. The molecular formula is C22H24F3N5O4. The number of hydrogen-bond acceptors (Lipinski definition) is 5. The molecule has 3 amide bonds. The number of anilines is 2. The van der Waals surface area contributed by atoms with Crippen molar-refractivity contribution in [2.45, 2.75) is 26.1 Å². The third-order valence-corrected chi connectivity index (χ3v) is 5.45. The van der Waals surface area contributed by atoms with Gasteiger partial charge in [-0.2, -0.15) is 13.2 Å². The van der Waals surface area contributed by atoms with E-state index in [1.807, 2.05) is 6.07 Å². The van der Waals surface area contributed by atoms with Gasteiger partial charge in [0, 0.05) is 44.9 Å². The second-order valence-corrected chi connectivity index (χ2v) is 7.91. The lowest BCUT2D eigenvalue weighted by atomic mass is 10.1. The summed E-state index contributed by atoms with van der Waals surface area (Å²) in [6.07, 6.45) is -4.68. The van der Waals surface area contributed by atoms with Crippen molar-refractivity contribution in [3.63, 3.8) is 0 Å². The predicted molar refractivity (Wildman–Crippen MR) is 120 cm³/mol. The van der Waals surface area contributed by atoms with Crippen molar-refractivity contribution in [1.82, 2.24) is 10.2 Å². The van der Waals surface area contributed by atoms with Crippen LogP contribution in [0.15, 0.2) is 42.5 Å². The smallest absolute Gasteiger partial charge is 0.362 e. The number of nitrogens with zero attached hydrogens (tertiary/aromatic N) is 3. The highest BCUT2D eigenvalue weighted by Gasteiger charge is 2.34. The molecule has 182 valence electrons. The normalized spacial score (nSPS) is 15.0. The van der Waals surface area contributed by atoms with Crippen LogP contribution in [0, 0.1) is 10.1 Å². The van der Waals surface area contributed by atoms with Crippen LogP contribution < -0.4 is 15.5 Å². The summed E-state index contributed by atoms with van der Waals surface area (Å²) < 4.78 is 38.8. The minimum atomic E-state index is -4.68. The van der Waals surface area contributed by atoms with Gasteiger partial charge in [-0.15, -0.1) is 0 Å². The number of carbonyl (C=O) groups is 2. The molecule has 9 nitrogen and oxygen atoms in total. The molecule has 2 N–H and O–H groups in total. The fourth-order valence-corrected chi connectivity index (χ4v) is 3.71. The number of nitrogens with one attached hydrogen (secondary N) is 2. The Morgan fingerprint density at radius 3 is 2.35 bits per heavy atom. The first-order chi connectivity index (χ1) is 16.0. The Hall–Kier alpha value is -3.83. The highest BCUT2D eigenvalue weighted by atomic mass is 19.4. The highest BCUT2D eigenvalue weighted by Crippen LogP contribution is 2.36. The van der Waals surface area contributed by atoms with Crippen molar-refractivity contribution < 1.29 is 27.7 Å². The molecule has 0 spiro atoms. The van der Waals surface area contributed by atoms with E-state index in [2.05, 4.69) is 10.6 Å². The van der Waals surface area contributed by atoms with E-state index in [9.17, 15) is 32.9 Å². The molecular weight excluding hydrogens is 455 g/mol. The molecule has 0 saturated carbocycles. The van der Waals surface area contributed by atoms with Gasteiger partial charge in [-0.3, -0.25) is 14.9 Å². The van der Waals surface area contributed by atoms with E-state index in [0.29, 0.717) is 11.8 Å². The molecule has 12 heteroatoms. The molecule has 1 aliphatic rings. The molecule has 1 atom stereocenters. The number of rotatable bonds is 5. The third-order valence-electron chi connectivity index (χ3n) is 5.45.